The molecule has 0 aliphatic carbocycles. The van der Waals surface area contributed by atoms with E-state index in [1.54, 1.807) is 5.19 Å². The Morgan fingerprint density at radius 3 is 2.44 bits per heavy atom. The van der Waals surface area contributed by atoms with E-state index in [1.807, 2.05) is 0 Å². The van der Waals surface area contributed by atoms with Gasteiger partial charge in [0.05, 0.1) is 11.0 Å². The van der Waals surface area contributed by atoms with Gasteiger partial charge >= 0.3 is 0 Å². The van der Waals surface area contributed by atoms with Gasteiger partial charge in [0, 0.05) is 18.8 Å². The predicted octanol–water partition coefficient (Wildman–Crippen LogP) is 2.95. The van der Waals surface area contributed by atoms with Gasteiger partial charge < -0.3 is 4.90 Å². The summed E-state index contributed by atoms with van der Waals surface area (Å²) in [4.78, 5) is 7.59. The maximum absolute atomic E-state index is 5.02. The second-order valence-corrected chi connectivity index (χ2v) is 12.2. The fourth-order valence-corrected chi connectivity index (χ4v) is 9.16. The highest BCUT2D eigenvalue weighted by Gasteiger charge is 2.39. The number of hydrogen-bond acceptors (Lipinski definition) is 2. The number of anilines is 1. The smallest absolute Gasteiger partial charge is 0.123 e. The van der Waals surface area contributed by atoms with Gasteiger partial charge in [-0.2, -0.15) is 0 Å². The van der Waals surface area contributed by atoms with E-state index in [4.69, 9.17) is 4.99 Å². The molecule has 1 saturated heterocycles. The summed E-state index contributed by atoms with van der Waals surface area (Å²) in [7, 11) is -1.76. The predicted molar refractivity (Wildman–Crippen MR) is 111 cm³/mol. The average molecular weight is 349 g/mol. The van der Waals surface area contributed by atoms with Gasteiger partial charge in [-0.15, -0.1) is 0 Å². The van der Waals surface area contributed by atoms with E-state index < -0.39 is 8.07 Å². The lowest BCUT2D eigenvalue weighted by Crippen LogP contribution is -2.64. The summed E-state index contributed by atoms with van der Waals surface area (Å²) in [5, 5.41) is 5.33. The standard InChI is InChI=1S/C22H28N2Si/c1-4-25(5-2)21-15-17(3)9-11-19(21)23-20-12-10-18(16-22(20)25)24-13-7-6-8-14-24/h9-12,15-16H,3-8,13-14H2,1-2H3. The number of fused-ring (bicyclic) bond motifs is 2. The van der Waals surface area contributed by atoms with Crippen LogP contribution in [-0.4, -0.2) is 21.2 Å². The molecule has 0 spiro atoms. The van der Waals surface area contributed by atoms with Crippen LogP contribution in [0.1, 0.15) is 33.1 Å². The second-order valence-electron chi connectivity index (χ2n) is 7.50. The normalized spacial score (nSPS) is 18.2. The minimum Gasteiger partial charge on any atom is -0.372 e. The summed E-state index contributed by atoms with van der Waals surface area (Å²) in [6.07, 6.45) is 4.01. The molecule has 0 atom stereocenters. The molecule has 0 radical (unpaired) electrons. The van der Waals surface area contributed by atoms with Gasteiger partial charge in [0.1, 0.15) is 8.07 Å². The minimum atomic E-state index is -1.76. The maximum Gasteiger partial charge on any atom is 0.123 e. The lowest BCUT2D eigenvalue weighted by Gasteiger charge is -2.36. The van der Waals surface area contributed by atoms with Crippen molar-refractivity contribution in [1.82, 2.24) is 0 Å². The third-order valence-corrected chi connectivity index (χ3v) is 11.5. The van der Waals surface area contributed by atoms with Crippen LogP contribution in [0.3, 0.4) is 0 Å². The molecule has 2 nitrogen and oxygen atoms in total. The van der Waals surface area contributed by atoms with Crippen molar-refractivity contribution in [2.24, 2.45) is 4.99 Å². The lowest BCUT2D eigenvalue weighted by molar-refractivity contribution is 0.578. The van der Waals surface area contributed by atoms with Crippen molar-refractivity contribution in [1.29, 1.82) is 0 Å². The molecule has 2 heterocycles. The van der Waals surface area contributed by atoms with Crippen LogP contribution in [0.5, 0.6) is 0 Å². The summed E-state index contributed by atoms with van der Waals surface area (Å²) in [5.41, 5.74) is 2.61. The fraction of sp³-hybridized carbons (Fsp3) is 0.409. The summed E-state index contributed by atoms with van der Waals surface area (Å²) >= 11 is 0. The van der Waals surface area contributed by atoms with E-state index in [-0.39, 0.29) is 0 Å². The van der Waals surface area contributed by atoms with Crippen molar-refractivity contribution in [2.75, 3.05) is 18.0 Å². The van der Waals surface area contributed by atoms with Gasteiger partial charge in [0.2, 0.25) is 0 Å². The molecule has 4 rings (SSSR count). The van der Waals surface area contributed by atoms with Crippen LogP contribution in [0, 0.1) is 0 Å². The Labute approximate surface area is 151 Å². The first-order valence-electron chi connectivity index (χ1n) is 9.75. The molecule has 1 fully saturated rings. The molecule has 0 amide bonds. The number of piperidine rings is 1. The fourth-order valence-electron chi connectivity index (χ4n) is 4.70. The molecule has 0 bridgehead atoms. The Morgan fingerprint density at radius 2 is 1.72 bits per heavy atom. The molecule has 2 aliphatic heterocycles. The van der Waals surface area contributed by atoms with Gasteiger partial charge in [-0.3, -0.25) is 0 Å². The van der Waals surface area contributed by atoms with Gasteiger partial charge in [-0.05, 0) is 59.1 Å². The minimum absolute atomic E-state index is 1.11. The Balaban J connectivity index is 1.92. The molecule has 0 saturated carbocycles. The van der Waals surface area contributed by atoms with Gasteiger partial charge in [0.15, 0.2) is 0 Å². The largest absolute Gasteiger partial charge is 0.372 e. The quantitative estimate of drug-likeness (QED) is 0.779. The maximum atomic E-state index is 5.02. The molecular weight excluding hydrogens is 320 g/mol. The van der Waals surface area contributed by atoms with Crippen molar-refractivity contribution in [3.8, 4) is 0 Å². The highest BCUT2D eigenvalue weighted by molar-refractivity contribution is 7.03. The highest BCUT2D eigenvalue weighted by Crippen LogP contribution is 2.28. The molecule has 0 N–H and O–H groups in total. The van der Waals surface area contributed by atoms with Crippen molar-refractivity contribution >= 4 is 36.4 Å². The third-order valence-electron chi connectivity index (χ3n) is 6.24. The zero-order chi connectivity index (χ0) is 17.4. The number of hydrogen-bond donors (Lipinski definition) is 0. The van der Waals surface area contributed by atoms with Crippen LogP contribution in [0.2, 0.25) is 12.1 Å². The molecule has 0 unspecified atom stereocenters. The van der Waals surface area contributed by atoms with E-state index in [0.29, 0.717) is 0 Å². The first-order valence-corrected chi connectivity index (χ1v) is 12.2. The zero-order valence-electron chi connectivity index (χ0n) is 15.5. The van der Waals surface area contributed by atoms with Crippen LogP contribution in [0.25, 0.3) is 6.58 Å². The van der Waals surface area contributed by atoms with Gasteiger partial charge in [-0.25, -0.2) is 4.99 Å². The number of nitrogens with zero attached hydrogens (tertiary/aromatic N) is 2. The SMILES string of the molecule is C=c1ccc2c(c1)[Si](CC)(CC)c1cc(N3CCCCC3)ccc1N=2. The summed E-state index contributed by atoms with van der Waals surface area (Å²) in [5.74, 6) is 0. The third kappa shape index (κ3) is 2.65. The summed E-state index contributed by atoms with van der Waals surface area (Å²) in [6.45, 7) is 11.3. The first-order chi connectivity index (χ1) is 12.2. The molecule has 2 aromatic carbocycles. The zero-order valence-corrected chi connectivity index (χ0v) is 16.5. The second kappa shape index (κ2) is 6.45. The van der Waals surface area contributed by atoms with Crippen molar-refractivity contribution < 1.29 is 0 Å². The van der Waals surface area contributed by atoms with Crippen LogP contribution in [0.4, 0.5) is 11.4 Å². The number of rotatable bonds is 3. The number of benzene rings is 2. The summed E-state index contributed by atoms with van der Waals surface area (Å²) < 4.78 is 0. The highest BCUT2D eigenvalue weighted by atomic mass is 28.3. The van der Waals surface area contributed by atoms with E-state index >= 15 is 0 Å². The lowest BCUT2D eigenvalue weighted by atomic mass is 10.1. The molecular formula is C22H28N2Si. The van der Waals surface area contributed by atoms with Gasteiger partial charge in [0.25, 0.3) is 0 Å². The first kappa shape index (κ1) is 16.6. The van der Waals surface area contributed by atoms with Crippen LogP contribution >= 0.6 is 0 Å². The Morgan fingerprint density at radius 1 is 0.960 bits per heavy atom. The van der Waals surface area contributed by atoms with E-state index in [2.05, 4.69) is 61.7 Å². The molecule has 25 heavy (non-hydrogen) atoms. The topological polar surface area (TPSA) is 15.6 Å². The Bertz CT molecular complexity index is 893. The molecule has 130 valence electrons. The monoisotopic (exact) mass is 348 g/mol. The van der Waals surface area contributed by atoms with Crippen molar-refractivity contribution in [3.63, 3.8) is 0 Å². The Hall–Kier alpha value is -1.87. The van der Waals surface area contributed by atoms with Crippen LogP contribution in [-0.2, 0) is 0 Å². The molecule has 2 aromatic rings. The van der Waals surface area contributed by atoms with E-state index in [0.717, 1.165) is 5.22 Å². The molecule has 2 aliphatic rings. The Kier molecular flexibility index (Phi) is 4.28. The summed E-state index contributed by atoms with van der Waals surface area (Å²) in [6, 6.07) is 16.1. The van der Waals surface area contributed by atoms with E-state index in [1.165, 1.54) is 66.4 Å². The van der Waals surface area contributed by atoms with Crippen molar-refractivity contribution in [3.05, 3.63) is 47.0 Å². The van der Waals surface area contributed by atoms with Gasteiger partial charge in [-0.1, -0.05) is 44.6 Å². The van der Waals surface area contributed by atoms with Crippen LogP contribution < -0.4 is 25.8 Å². The van der Waals surface area contributed by atoms with Crippen molar-refractivity contribution in [2.45, 2.75) is 45.2 Å². The average Bonchev–Trinajstić information content (AvgIpc) is 2.67. The molecule has 0 aromatic heterocycles. The van der Waals surface area contributed by atoms with E-state index in [9.17, 15) is 0 Å². The van der Waals surface area contributed by atoms with Crippen LogP contribution in [0.15, 0.2) is 41.4 Å². The molecule has 3 heteroatoms.